The van der Waals surface area contributed by atoms with Crippen molar-refractivity contribution in [2.24, 2.45) is 10.7 Å². The molecule has 1 aromatic heterocycles. The van der Waals surface area contributed by atoms with Crippen LogP contribution in [0.5, 0.6) is 5.75 Å². The first-order valence-electron chi connectivity index (χ1n) is 8.97. The minimum atomic E-state index is -0.456. The fraction of sp³-hybridized carbons (Fsp3) is 0.400. The second kappa shape index (κ2) is 8.08. The van der Waals surface area contributed by atoms with Crippen molar-refractivity contribution in [1.82, 2.24) is 9.97 Å². The van der Waals surface area contributed by atoms with Crippen molar-refractivity contribution in [3.8, 4) is 5.75 Å². The Morgan fingerprint density at radius 3 is 2.81 bits per heavy atom. The van der Waals surface area contributed by atoms with Gasteiger partial charge in [-0.1, -0.05) is 17.8 Å². The minimum Gasteiger partial charge on any atom is -0.494 e. The Kier molecular flexibility index (Phi) is 5.79. The molecule has 2 N–H and O–H groups in total. The third-order valence-electron chi connectivity index (χ3n) is 4.55. The second-order valence-corrected chi connectivity index (χ2v) is 7.84. The molecule has 7 heteroatoms. The van der Waals surface area contributed by atoms with Gasteiger partial charge in [-0.05, 0) is 44.9 Å². The first kappa shape index (κ1) is 19.4. The highest BCUT2D eigenvalue weighted by Crippen LogP contribution is 2.40. The van der Waals surface area contributed by atoms with Gasteiger partial charge in [0.25, 0.3) is 0 Å². The number of hydrogen-bond acceptors (Lipinski definition) is 7. The quantitative estimate of drug-likeness (QED) is 0.769. The number of nitrogens with two attached hydrogens (primary N) is 1. The molecule has 6 nitrogen and oxygen atoms in total. The van der Waals surface area contributed by atoms with Gasteiger partial charge in [0, 0.05) is 23.9 Å². The highest BCUT2D eigenvalue weighted by Gasteiger charge is 2.32. The molecule has 142 valence electrons. The Balaban J connectivity index is 1.92. The maximum atomic E-state index is 12.6. The molecule has 2 aromatic rings. The van der Waals surface area contributed by atoms with E-state index >= 15 is 0 Å². The number of aromatic nitrogens is 2. The number of aliphatic imine (C=N–C) groups is 1. The van der Waals surface area contributed by atoms with Gasteiger partial charge in [0.05, 0.1) is 24.0 Å². The van der Waals surface area contributed by atoms with Gasteiger partial charge >= 0.3 is 0 Å². The van der Waals surface area contributed by atoms with Crippen LogP contribution < -0.4 is 10.5 Å². The van der Waals surface area contributed by atoms with Crippen LogP contribution in [0, 0.1) is 6.92 Å². The normalized spacial score (nSPS) is 19.4. The highest BCUT2D eigenvalue weighted by atomic mass is 32.2. The first-order chi connectivity index (χ1) is 12.9. The standard InChI is InChI=1S/C20H24N4O2S/c1-4-26-18-6-5-14(10-17(25)16-12-22-13(2)11-23-16)9-15(18)20(3)7-8-27-19(21)24-20/h5-6,9,11-12H,4,7-8,10H2,1-3H3,(H2,21,24)/t20-/m0/s1. The molecule has 2 heterocycles. The second-order valence-electron chi connectivity index (χ2n) is 6.73. The van der Waals surface area contributed by atoms with E-state index in [0.717, 1.165) is 34.7 Å². The predicted octanol–water partition coefficient (Wildman–Crippen LogP) is 3.28. The molecule has 3 rings (SSSR count). The zero-order chi connectivity index (χ0) is 19.4. The van der Waals surface area contributed by atoms with Crippen LogP contribution in [0.1, 0.15) is 47.6 Å². The molecule has 0 aliphatic carbocycles. The number of thioether (sulfide) groups is 1. The summed E-state index contributed by atoms with van der Waals surface area (Å²) in [6.07, 6.45) is 4.24. The largest absolute Gasteiger partial charge is 0.494 e. The van der Waals surface area contributed by atoms with Crippen LogP contribution in [0.15, 0.2) is 35.6 Å². The fourth-order valence-corrected chi connectivity index (χ4v) is 4.06. The maximum Gasteiger partial charge on any atom is 0.187 e. The molecular weight excluding hydrogens is 360 g/mol. The Bertz CT molecular complexity index is 867. The predicted molar refractivity (Wildman–Crippen MR) is 108 cm³/mol. The van der Waals surface area contributed by atoms with Crippen LogP contribution in [0.25, 0.3) is 0 Å². The van der Waals surface area contributed by atoms with E-state index in [1.54, 1.807) is 18.0 Å². The summed E-state index contributed by atoms with van der Waals surface area (Å²) in [6, 6.07) is 5.85. The van der Waals surface area contributed by atoms with E-state index in [9.17, 15) is 4.79 Å². The number of carbonyl (C=O) groups excluding carboxylic acids is 1. The number of carbonyl (C=O) groups is 1. The molecule has 0 spiro atoms. The van der Waals surface area contributed by atoms with Crippen LogP contribution in [0.3, 0.4) is 0 Å². The fourth-order valence-electron chi connectivity index (χ4n) is 3.08. The molecule has 0 fully saturated rings. The van der Waals surface area contributed by atoms with E-state index in [1.165, 1.54) is 6.20 Å². The Morgan fingerprint density at radius 2 is 2.15 bits per heavy atom. The molecule has 1 aliphatic heterocycles. The summed E-state index contributed by atoms with van der Waals surface area (Å²) >= 11 is 1.57. The summed E-state index contributed by atoms with van der Waals surface area (Å²) in [7, 11) is 0. The topological polar surface area (TPSA) is 90.5 Å². The molecule has 0 radical (unpaired) electrons. The zero-order valence-corrected chi connectivity index (χ0v) is 16.7. The van der Waals surface area contributed by atoms with Crippen molar-refractivity contribution in [3.63, 3.8) is 0 Å². The van der Waals surface area contributed by atoms with Crippen molar-refractivity contribution in [2.75, 3.05) is 12.4 Å². The van der Waals surface area contributed by atoms with E-state index in [0.29, 0.717) is 17.5 Å². The van der Waals surface area contributed by atoms with Crippen LogP contribution in [0.2, 0.25) is 0 Å². The summed E-state index contributed by atoms with van der Waals surface area (Å²) < 4.78 is 5.82. The van der Waals surface area contributed by atoms with Crippen LogP contribution in [-0.4, -0.2) is 33.3 Å². The average molecular weight is 385 g/mol. The molecule has 1 atom stereocenters. The van der Waals surface area contributed by atoms with Gasteiger partial charge < -0.3 is 10.5 Å². The Labute approximate surface area is 163 Å². The van der Waals surface area contributed by atoms with Gasteiger partial charge in [0.2, 0.25) is 0 Å². The molecule has 1 aromatic carbocycles. The Hall–Kier alpha value is -2.41. The first-order valence-corrected chi connectivity index (χ1v) is 9.96. The zero-order valence-electron chi connectivity index (χ0n) is 15.9. The lowest BCUT2D eigenvalue weighted by Gasteiger charge is -2.31. The van der Waals surface area contributed by atoms with Crippen LogP contribution >= 0.6 is 11.8 Å². The van der Waals surface area contributed by atoms with Crippen molar-refractivity contribution in [3.05, 3.63) is 53.1 Å². The maximum absolute atomic E-state index is 12.6. The molecule has 0 saturated carbocycles. The third-order valence-corrected chi connectivity index (χ3v) is 5.35. The molecule has 0 saturated heterocycles. The number of ketones is 1. The molecule has 0 amide bonds. The number of nitrogens with zero attached hydrogens (tertiary/aromatic N) is 3. The number of benzene rings is 1. The molecule has 1 aliphatic rings. The summed E-state index contributed by atoms with van der Waals surface area (Å²) in [5.41, 5.74) is 8.55. The number of amidine groups is 1. The van der Waals surface area contributed by atoms with E-state index < -0.39 is 5.54 Å². The van der Waals surface area contributed by atoms with Crippen molar-refractivity contribution >= 4 is 22.7 Å². The van der Waals surface area contributed by atoms with Crippen LogP contribution in [-0.2, 0) is 12.0 Å². The van der Waals surface area contributed by atoms with Crippen LogP contribution in [0.4, 0.5) is 0 Å². The molecule has 0 unspecified atom stereocenters. The van der Waals surface area contributed by atoms with E-state index in [1.807, 2.05) is 32.0 Å². The van der Waals surface area contributed by atoms with Crippen molar-refractivity contribution < 1.29 is 9.53 Å². The van der Waals surface area contributed by atoms with E-state index in [4.69, 9.17) is 10.5 Å². The summed E-state index contributed by atoms with van der Waals surface area (Å²) in [4.78, 5) is 25.6. The molecule has 27 heavy (non-hydrogen) atoms. The lowest BCUT2D eigenvalue weighted by Crippen LogP contribution is -2.29. The lowest BCUT2D eigenvalue weighted by atomic mass is 9.87. The minimum absolute atomic E-state index is 0.0648. The number of Topliss-reactive ketones (excluding diaryl/α,β-unsaturated/α-hetero) is 1. The third kappa shape index (κ3) is 4.47. The van der Waals surface area contributed by atoms with Crippen molar-refractivity contribution in [2.45, 2.75) is 39.2 Å². The van der Waals surface area contributed by atoms with Gasteiger partial charge in [-0.3, -0.25) is 14.8 Å². The van der Waals surface area contributed by atoms with Crippen molar-refractivity contribution in [1.29, 1.82) is 0 Å². The number of rotatable bonds is 6. The number of hydrogen-bond donors (Lipinski definition) is 1. The summed E-state index contributed by atoms with van der Waals surface area (Å²) in [5.74, 6) is 1.62. The smallest absolute Gasteiger partial charge is 0.187 e. The van der Waals surface area contributed by atoms with E-state index in [-0.39, 0.29) is 12.2 Å². The van der Waals surface area contributed by atoms with Gasteiger partial charge in [0.1, 0.15) is 11.4 Å². The summed E-state index contributed by atoms with van der Waals surface area (Å²) in [5, 5.41) is 0.586. The number of aryl methyl sites for hydroxylation is 1. The van der Waals surface area contributed by atoms with Gasteiger partial charge in [-0.2, -0.15) is 0 Å². The summed E-state index contributed by atoms with van der Waals surface area (Å²) in [6.45, 7) is 6.42. The Morgan fingerprint density at radius 1 is 1.33 bits per heavy atom. The monoisotopic (exact) mass is 384 g/mol. The highest BCUT2D eigenvalue weighted by molar-refractivity contribution is 8.13. The van der Waals surface area contributed by atoms with Gasteiger partial charge in [-0.15, -0.1) is 0 Å². The van der Waals surface area contributed by atoms with Gasteiger partial charge in [0.15, 0.2) is 11.0 Å². The molecule has 0 bridgehead atoms. The SMILES string of the molecule is CCOc1ccc(CC(=O)c2cnc(C)cn2)cc1[C@]1(C)CCSC(N)=N1. The average Bonchev–Trinajstić information content (AvgIpc) is 2.63. The lowest BCUT2D eigenvalue weighted by molar-refractivity contribution is 0.0987. The van der Waals surface area contributed by atoms with Gasteiger partial charge in [-0.25, -0.2) is 4.98 Å². The number of ether oxygens (including phenoxy) is 1. The van der Waals surface area contributed by atoms with E-state index in [2.05, 4.69) is 21.9 Å². The molecular formula is C20H24N4O2S.